The molecule has 4 amide bonds. The Hall–Kier alpha value is -1.46. The first-order valence-electron chi connectivity index (χ1n) is 5.47. The summed E-state index contributed by atoms with van der Waals surface area (Å²) in [5, 5.41) is 8.21. The van der Waals surface area contributed by atoms with Crippen LogP contribution in [0.15, 0.2) is 0 Å². The van der Waals surface area contributed by atoms with Gasteiger partial charge in [0.25, 0.3) is 0 Å². The molecule has 1 heterocycles. The molecule has 0 spiro atoms. The number of carbonyl (C=O) groups is 2. The standard InChI is InChI=1S/C10H20N4O2/c1-10(2,3)13-8(15)11-4-6-14-7-5-12-9(14)16/h4-7H2,1-3H3,(H,12,16)(H2,11,13,15). The highest BCUT2D eigenvalue weighted by molar-refractivity contribution is 5.76. The van der Waals surface area contributed by atoms with Gasteiger partial charge in [-0.1, -0.05) is 0 Å². The van der Waals surface area contributed by atoms with Crippen LogP contribution in [-0.2, 0) is 0 Å². The van der Waals surface area contributed by atoms with E-state index in [4.69, 9.17) is 0 Å². The number of hydrogen-bond donors (Lipinski definition) is 3. The third kappa shape index (κ3) is 4.37. The number of nitrogens with one attached hydrogen (secondary N) is 3. The lowest BCUT2D eigenvalue weighted by molar-refractivity contribution is 0.214. The van der Waals surface area contributed by atoms with Crippen LogP contribution in [0.25, 0.3) is 0 Å². The largest absolute Gasteiger partial charge is 0.336 e. The van der Waals surface area contributed by atoms with Crippen molar-refractivity contribution >= 4 is 12.1 Å². The molecule has 3 N–H and O–H groups in total. The lowest BCUT2D eigenvalue weighted by Crippen LogP contribution is -2.48. The van der Waals surface area contributed by atoms with Crippen molar-refractivity contribution in [2.75, 3.05) is 26.2 Å². The monoisotopic (exact) mass is 228 g/mol. The van der Waals surface area contributed by atoms with Gasteiger partial charge in [0.1, 0.15) is 0 Å². The summed E-state index contributed by atoms with van der Waals surface area (Å²) in [7, 11) is 0. The van der Waals surface area contributed by atoms with Crippen molar-refractivity contribution in [1.29, 1.82) is 0 Å². The molecular formula is C10H20N4O2. The van der Waals surface area contributed by atoms with Crippen molar-refractivity contribution in [2.24, 2.45) is 0 Å². The van der Waals surface area contributed by atoms with Crippen molar-refractivity contribution in [3.8, 4) is 0 Å². The first kappa shape index (κ1) is 12.6. The molecule has 1 aliphatic heterocycles. The predicted molar refractivity (Wildman–Crippen MR) is 61.3 cm³/mol. The number of carbonyl (C=O) groups excluding carboxylic acids is 2. The molecule has 1 aliphatic rings. The van der Waals surface area contributed by atoms with E-state index < -0.39 is 0 Å². The molecule has 1 saturated heterocycles. The lowest BCUT2D eigenvalue weighted by Gasteiger charge is -2.21. The van der Waals surface area contributed by atoms with Crippen molar-refractivity contribution in [2.45, 2.75) is 26.3 Å². The van der Waals surface area contributed by atoms with Crippen LogP contribution < -0.4 is 16.0 Å². The molecule has 0 aromatic rings. The zero-order valence-corrected chi connectivity index (χ0v) is 10.1. The summed E-state index contributed by atoms with van der Waals surface area (Å²) in [6, 6.07) is -0.259. The van der Waals surface area contributed by atoms with E-state index in [1.165, 1.54) is 0 Å². The smallest absolute Gasteiger partial charge is 0.317 e. The van der Waals surface area contributed by atoms with E-state index in [2.05, 4.69) is 16.0 Å². The Kier molecular flexibility index (Phi) is 3.98. The summed E-state index contributed by atoms with van der Waals surface area (Å²) >= 11 is 0. The summed E-state index contributed by atoms with van der Waals surface area (Å²) in [5.41, 5.74) is -0.241. The number of urea groups is 2. The van der Waals surface area contributed by atoms with Gasteiger partial charge in [-0.2, -0.15) is 0 Å². The summed E-state index contributed by atoms with van der Waals surface area (Å²) < 4.78 is 0. The Morgan fingerprint density at radius 1 is 1.50 bits per heavy atom. The van der Waals surface area contributed by atoms with E-state index >= 15 is 0 Å². The van der Waals surface area contributed by atoms with Gasteiger partial charge >= 0.3 is 12.1 Å². The second kappa shape index (κ2) is 5.05. The summed E-state index contributed by atoms with van der Waals surface area (Å²) in [6.07, 6.45) is 0. The van der Waals surface area contributed by atoms with Crippen LogP contribution in [0.4, 0.5) is 9.59 Å². The highest BCUT2D eigenvalue weighted by Gasteiger charge is 2.19. The van der Waals surface area contributed by atoms with Gasteiger partial charge in [0.15, 0.2) is 0 Å². The number of rotatable bonds is 3. The van der Waals surface area contributed by atoms with E-state index in [9.17, 15) is 9.59 Å². The summed E-state index contributed by atoms with van der Waals surface area (Å²) in [4.78, 5) is 24.2. The maximum Gasteiger partial charge on any atom is 0.317 e. The van der Waals surface area contributed by atoms with Crippen LogP contribution >= 0.6 is 0 Å². The Morgan fingerprint density at radius 3 is 2.69 bits per heavy atom. The zero-order chi connectivity index (χ0) is 12.2. The molecule has 0 aromatic carbocycles. The van der Waals surface area contributed by atoms with Crippen molar-refractivity contribution in [3.63, 3.8) is 0 Å². The van der Waals surface area contributed by atoms with Crippen LogP contribution in [0.3, 0.4) is 0 Å². The second-order valence-electron chi connectivity index (χ2n) is 4.85. The Balaban J connectivity index is 2.15. The molecule has 0 bridgehead atoms. The Morgan fingerprint density at radius 2 is 2.19 bits per heavy atom. The van der Waals surface area contributed by atoms with Gasteiger partial charge in [0, 0.05) is 31.7 Å². The molecule has 92 valence electrons. The number of nitrogens with zero attached hydrogens (tertiary/aromatic N) is 1. The van der Waals surface area contributed by atoms with Crippen LogP contribution in [0, 0.1) is 0 Å². The van der Waals surface area contributed by atoms with E-state index in [1.807, 2.05) is 20.8 Å². The van der Waals surface area contributed by atoms with Gasteiger partial charge < -0.3 is 20.9 Å². The maximum atomic E-state index is 11.4. The third-order valence-electron chi connectivity index (χ3n) is 2.10. The zero-order valence-electron chi connectivity index (χ0n) is 10.1. The third-order valence-corrected chi connectivity index (χ3v) is 2.10. The maximum absolute atomic E-state index is 11.4. The molecule has 6 nitrogen and oxygen atoms in total. The van der Waals surface area contributed by atoms with Crippen molar-refractivity contribution < 1.29 is 9.59 Å². The van der Waals surface area contributed by atoms with Crippen molar-refractivity contribution in [1.82, 2.24) is 20.9 Å². The highest BCUT2D eigenvalue weighted by atomic mass is 16.2. The van der Waals surface area contributed by atoms with Crippen LogP contribution in [0.1, 0.15) is 20.8 Å². The van der Waals surface area contributed by atoms with Gasteiger partial charge in [0.05, 0.1) is 0 Å². The minimum Gasteiger partial charge on any atom is -0.336 e. The average molecular weight is 228 g/mol. The fourth-order valence-corrected chi connectivity index (χ4v) is 1.41. The lowest BCUT2D eigenvalue weighted by atomic mass is 10.1. The van der Waals surface area contributed by atoms with Crippen LogP contribution in [0.5, 0.6) is 0 Å². The van der Waals surface area contributed by atoms with Crippen LogP contribution in [0.2, 0.25) is 0 Å². The normalized spacial score (nSPS) is 15.9. The quantitative estimate of drug-likeness (QED) is 0.641. The minimum atomic E-state index is -0.241. The first-order valence-corrected chi connectivity index (χ1v) is 5.47. The number of amides is 4. The fraction of sp³-hybridized carbons (Fsp3) is 0.800. The molecule has 0 saturated carbocycles. The Labute approximate surface area is 95.8 Å². The van der Waals surface area contributed by atoms with Gasteiger partial charge in [0.2, 0.25) is 0 Å². The molecule has 0 aromatic heterocycles. The molecule has 1 rings (SSSR count). The fourth-order valence-electron chi connectivity index (χ4n) is 1.41. The molecule has 0 aliphatic carbocycles. The topological polar surface area (TPSA) is 73.5 Å². The van der Waals surface area contributed by atoms with Gasteiger partial charge in [-0.3, -0.25) is 0 Å². The average Bonchev–Trinajstić information content (AvgIpc) is 2.48. The second-order valence-corrected chi connectivity index (χ2v) is 4.85. The minimum absolute atomic E-state index is 0.0574. The molecular weight excluding hydrogens is 208 g/mol. The van der Waals surface area contributed by atoms with E-state index in [0.717, 1.165) is 0 Å². The van der Waals surface area contributed by atoms with E-state index in [-0.39, 0.29) is 17.6 Å². The molecule has 16 heavy (non-hydrogen) atoms. The van der Waals surface area contributed by atoms with Crippen LogP contribution in [-0.4, -0.2) is 48.7 Å². The van der Waals surface area contributed by atoms with E-state index in [1.54, 1.807) is 4.90 Å². The SMILES string of the molecule is CC(C)(C)NC(=O)NCCN1CCNC1=O. The molecule has 6 heteroatoms. The van der Waals surface area contributed by atoms with Gasteiger partial charge in [-0.15, -0.1) is 0 Å². The predicted octanol–water partition coefficient (Wildman–Crippen LogP) is 0.109. The number of hydrogen-bond acceptors (Lipinski definition) is 2. The molecule has 1 fully saturated rings. The highest BCUT2D eigenvalue weighted by Crippen LogP contribution is 1.97. The first-order chi connectivity index (χ1) is 7.38. The van der Waals surface area contributed by atoms with E-state index in [0.29, 0.717) is 26.2 Å². The van der Waals surface area contributed by atoms with Crippen molar-refractivity contribution in [3.05, 3.63) is 0 Å². The summed E-state index contributed by atoms with van der Waals surface area (Å²) in [6.45, 7) is 8.16. The van der Waals surface area contributed by atoms with Gasteiger partial charge in [-0.25, -0.2) is 9.59 Å². The summed E-state index contributed by atoms with van der Waals surface area (Å²) in [5.74, 6) is 0. The molecule has 0 unspecified atom stereocenters. The molecule has 0 atom stereocenters. The van der Waals surface area contributed by atoms with Gasteiger partial charge in [-0.05, 0) is 20.8 Å². The Bertz CT molecular complexity index is 272. The molecule has 0 radical (unpaired) electrons.